The van der Waals surface area contributed by atoms with E-state index in [4.69, 9.17) is 0 Å². The van der Waals surface area contributed by atoms with Crippen molar-refractivity contribution in [3.05, 3.63) is 24.0 Å². The molecule has 0 spiro atoms. The highest BCUT2D eigenvalue weighted by Gasteiger charge is 2.14. The fourth-order valence-electron chi connectivity index (χ4n) is 1.22. The molecule has 0 unspecified atom stereocenters. The van der Waals surface area contributed by atoms with E-state index in [1.54, 1.807) is 0 Å². The zero-order valence-corrected chi connectivity index (χ0v) is 7.87. The van der Waals surface area contributed by atoms with Crippen molar-refractivity contribution in [1.29, 1.82) is 0 Å². The Morgan fingerprint density at radius 2 is 2.25 bits per heavy atom. The standard InChI is InChI=1S/C10H15NO/c1-8(2)10(12)9-5-4-6-11(3)7-9/h4,6-8H,5H2,1-3H3. The summed E-state index contributed by atoms with van der Waals surface area (Å²) in [7, 11) is 1.93. The van der Waals surface area contributed by atoms with Gasteiger partial charge in [-0.05, 0) is 12.6 Å². The third-order valence-electron chi connectivity index (χ3n) is 1.88. The third-order valence-corrected chi connectivity index (χ3v) is 1.88. The average Bonchev–Trinajstić information content (AvgIpc) is 2.03. The van der Waals surface area contributed by atoms with E-state index < -0.39 is 0 Å². The van der Waals surface area contributed by atoms with Crippen LogP contribution in [-0.4, -0.2) is 17.7 Å². The SMILES string of the molecule is CC(C)C(=O)C1=CN(C)C=CC1. The summed E-state index contributed by atoms with van der Waals surface area (Å²) in [6.45, 7) is 3.86. The fraction of sp³-hybridized carbons (Fsp3) is 0.500. The Bertz CT molecular complexity index is 238. The lowest BCUT2D eigenvalue weighted by Crippen LogP contribution is -2.15. The molecule has 1 heterocycles. The fourth-order valence-corrected chi connectivity index (χ4v) is 1.22. The number of carbonyl (C=O) groups is 1. The summed E-state index contributed by atoms with van der Waals surface area (Å²) in [6, 6.07) is 0. The second-order valence-electron chi connectivity index (χ2n) is 3.43. The summed E-state index contributed by atoms with van der Waals surface area (Å²) in [5.41, 5.74) is 0.912. The molecule has 0 amide bonds. The van der Waals surface area contributed by atoms with Gasteiger partial charge in [0.2, 0.25) is 0 Å². The van der Waals surface area contributed by atoms with Gasteiger partial charge >= 0.3 is 0 Å². The van der Waals surface area contributed by atoms with Crippen LogP contribution in [0.2, 0.25) is 0 Å². The Hall–Kier alpha value is -1.05. The first-order valence-electron chi connectivity index (χ1n) is 4.24. The normalized spacial score (nSPS) is 16.7. The molecule has 0 aromatic carbocycles. The molecule has 0 N–H and O–H groups in total. The van der Waals surface area contributed by atoms with Gasteiger partial charge in [-0.2, -0.15) is 0 Å². The minimum atomic E-state index is 0.108. The van der Waals surface area contributed by atoms with Crippen molar-refractivity contribution >= 4 is 5.78 Å². The third kappa shape index (κ3) is 1.97. The van der Waals surface area contributed by atoms with Crippen LogP contribution in [0.15, 0.2) is 24.0 Å². The van der Waals surface area contributed by atoms with E-state index in [0.29, 0.717) is 0 Å². The van der Waals surface area contributed by atoms with Crippen LogP contribution < -0.4 is 0 Å². The Balaban J connectivity index is 2.70. The van der Waals surface area contributed by atoms with Gasteiger partial charge in [0, 0.05) is 24.7 Å². The van der Waals surface area contributed by atoms with Crippen molar-refractivity contribution in [1.82, 2.24) is 4.90 Å². The van der Waals surface area contributed by atoms with Gasteiger partial charge < -0.3 is 4.90 Å². The van der Waals surface area contributed by atoms with Gasteiger partial charge in [0.25, 0.3) is 0 Å². The zero-order valence-electron chi connectivity index (χ0n) is 7.87. The lowest BCUT2D eigenvalue weighted by molar-refractivity contribution is -0.118. The van der Waals surface area contributed by atoms with Crippen LogP contribution in [0.5, 0.6) is 0 Å². The maximum absolute atomic E-state index is 11.5. The van der Waals surface area contributed by atoms with Crippen LogP contribution in [-0.2, 0) is 4.79 Å². The minimum Gasteiger partial charge on any atom is -0.357 e. The van der Waals surface area contributed by atoms with E-state index in [1.165, 1.54) is 0 Å². The summed E-state index contributed by atoms with van der Waals surface area (Å²) in [5.74, 6) is 0.363. The smallest absolute Gasteiger partial charge is 0.163 e. The van der Waals surface area contributed by atoms with E-state index in [-0.39, 0.29) is 11.7 Å². The van der Waals surface area contributed by atoms with Gasteiger partial charge in [-0.1, -0.05) is 19.9 Å². The Morgan fingerprint density at radius 1 is 1.58 bits per heavy atom. The largest absolute Gasteiger partial charge is 0.357 e. The van der Waals surface area contributed by atoms with E-state index in [1.807, 2.05) is 44.3 Å². The second-order valence-corrected chi connectivity index (χ2v) is 3.43. The lowest BCUT2D eigenvalue weighted by Gasteiger charge is -2.16. The van der Waals surface area contributed by atoms with Gasteiger partial charge in [-0.25, -0.2) is 0 Å². The van der Waals surface area contributed by atoms with Crippen LogP contribution in [0, 0.1) is 5.92 Å². The summed E-state index contributed by atoms with van der Waals surface area (Å²) in [6.07, 6.45) is 6.66. The van der Waals surface area contributed by atoms with Crippen LogP contribution in [0.1, 0.15) is 20.3 Å². The summed E-state index contributed by atoms with van der Waals surface area (Å²) >= 11 is 0. The van der Waals surface area contributed by atoms with Gasteiger partial charge in [-0.3, -0.25) is 4.79 Å². The number of hydrogen-bond donors (Lipinski definition) is 0. The molecule has 1 aliphatic rings. The molecule has 0 atom stereocenters. The van der Waals surface area contributed by atoms with Crippen molar-refractivity contribution in [2.75, 3.05) is 7.05 Å². The second kappa shape index (κ2) is 3.57. The maximum Gasteiger partial charge on any atom is 0.163 e. The van der Waals surface area contributed by atoms with Crippen molar-refractivity contribution in [3.8, 4) is 0 Å². The summed E-state index contributed by atoms with van der Waals surface area (Å²) in [4.78, 5) is 13.4. The molecule has 12 heavy (non-hydrogen) atoms. The van der Waals surface area contributed by atoms with E-state index >= 15 is 0 Å². The number of allylic oxidation sites excluding steroid dienone is 2. The molecule has 0 saturated carbocycles. The molecule has 1 aliphatic heterocycles. The van der Waals surface area contributed by atoms with E-state index in [2.05, 4.69) is 0 Å². The van der Waals surface area contributed by atoms with E-state index in [0.717, 1.165) is 12.0 Å². The molecular formula is C10H15NO. The predicted molar refractivity (Wildman–Crippen MR) is 49.4 cm³/mol. The minimum absolute atomic E-state index is 0.108. The van der Waals surface area contributed by atoms with Gasteiger partial charge in [0.1, 0.15) is 0 Å². The molecule has 66 valence electrons. The van der Waals surface area contributed by atoms with Crippen molar-refractivity contribution in [2.45, 2.75) is 20.3 Å². The highest BCUT2D eigenvalue weighted by molar-refractivity contribution is 5.96. The van der Waals surface area contributed by atoms with Crippen LogP contribution >= 0.6 is 0 Å². The molecule has 0 aliphatic carbocycles. The predicted octanol–water partition coefficient (Wildman–Crippen LogP) is 1.94. The van der Waals surface area contributed by atoms with Gasteiger partial charge in [0.05, 0.1) is 0 Å². The number of carbonyl (C=O) groups excluding carboxylic acids is 1. The van der Waals surface area contributed by atoms with Crippen LogP contribution in [0.3, 0.4) is 0 Å². The number of nitrogens with zero attached hydrogens (tertiary/aromatic N) is 1. The van der Waals surface area contributed by atoms with E-state index in [9.17, 15) is 4.79 Å². The van der Waals surface area contributed by atoms with Gasteiger partial charge in [-0.15, -0.1) is 0 Å². The number of hydrogen-bond acceptors (Lipinski definition) is 2. The topological polar surface area (TPSA) is 20.3 Å². The molecule has 0 radical (unpaired) electrons. The lowest BCUT2D eigenvalue weighted by atomic mass is 9.98. The van der Waals surface area contributed by atoms with Gasteiger partial charge in [0.15, 0.2) is 5.78 Å². The first kappa shape index (κ1) is 9.04. The Morgan fingerprint density at radius 3 is 2.75 bits per heavy atom. The Labute approximate surface area is 73.6 Å². The molecule has 1 rings (SSSR count). The van der Waals surface area contributed by atoms with Crippen molar-refractivity contribution in [2.24, 2.45) is 5.92 Å². The first-order chi connectivity index (χ1) is 5.61. The molecule has 0 aromatic rings. The zero-order chi connectivity index (χ0) is 9.14. The highest BCUT2D eigenvalue weighted by Crippen LogP contribution is 2.15. The van der Waals surface area contributed by atoms with Crippen molar-refractivity contribution in [3.63, 3.8) is 0 Å². The molecule has 0 saturated heterocycles. The molecule has 2 nitrogen and oxygen atoms in total. The quantitative estimate of drug-likeness (QED) is 0.623. The molecule has 0 fully saturated rings. The highest BCUT2D eigenvalue weighted by atomic mass is 16.1. The molecule has 2 heteroatoms. The number of Topliss-reactive ketones (excluding diaryl/α,β-unsaturated/α-hetero) is 1. The monoisotopic (exact) mass is 165 g/mol. The first-order valence-corrected chi connectivity index (χ1v) is 4.24. The average molecular weight is 165 g/mol. The number of ketones is 1. The summed E-state index contributed by atoms with van der Waals surface area (Å²) < 4.78 is 0. The van der Waals surface area contributed by atoms with Crippen molar-refractivity contribution < 1.29 is 4.79 Å². The van der Waals surface area contributed by atoms with Crippen LogP contribution in [0.25, 0.3) is 0 Å². The van der Waals surface area contributed by atoms with Crippen LogP contribution in [0.4, 0.5) is 0 Å². The molecular weight excluding hydrogens is 150 g/mol. The Kier molecular flexibility index (Phi) is 2.69. The molecule has 0 bridgehead atoms. The maximum atomic E-state index is 11.5. The number of rotatable bonds is 2. The molecule has 0 aromatic heterocycles. The summed E-state index contributed by atoms with van der Waals surface area (Å²) in [5, 5.41) is 0.